The number of aromatic amines is 1. The molecular formula is C19H21N3O3. The zero-order valence-electron chi connectivity index (χ0n) is 13.8. The fraction of sp³-hybridized carbons (Fsp3) is 0.316. The molecule has 1 aliphatic rings. The van der Waals surface area contributed by atoms with Crippen molar-refractivity contribution in [3.8, 4) is 5.75 Å². The molecule has 0 aliphatic carbocycles. The lowest BCUT2D eigenvalue weighted by atomic mass is 10.00. The van der Waals surface area contributed by atoms with Gasteiger partial charge in [0.25, 0.3) is 0 Å². The average molecular weight is 339 g/mol. The standard InChI is InChI=1S/C19H21N3O3/c23-18-14-7-4-8-15-17(14)22(19(24)21-15)11-9-16(18)20-10-12-25-13-5-2-1-3-6-13/h1-8,16,18,20,23H,9-12H2,(H,21,24). The molecule has 2 heterocycles. The first-order valence-electron chi connectivity index (χ1n) is 8.55. The molecule has 2 unspecified atom stereocenters. The van der Waals surface area contributed by atoms with Crippen LogP contribution in [0.1, 0.15) is 18.1 Å². The number of rotatable bonds is 5. The molecule has 6 heteroatoms. The number of aliphatic hydroxyl groups excluding tert-OH is 1. The Kier molecular flexibility index (Phi) is 4.29. The number of nitrogens with zero attached hydrogens (tertiary/aromatic N) is 1. The van der Waals surface area contributed by atoms with Gasteiger partial charge in [0.05, 0.1) is 17.1 Å². The molecule has 3 N–H and O–H groups in total. The first-order chi connectivity index (χ1) is 12.2. The molecular weight excluding hydrogens is 318 g/mol. The minimum absolute atomic E-state index is 0.121. The van der Waals surface area contributed by atoms with E-state index < -0.39 is 6.10 Å². The highest BCUT2D eigenvalue weighted by molar-refractivity contribution is 5.79. The highest BCUT2D eigenvalue weighted by Gasteiger charge is 2.27. The molecule has 2 atom stereocenters. The molecule has 0 saturated heterocycles. The van der Waals surface area contributed by atoms with E-state index in [-0.39, 0.29) is 11.7 Å². The van der Waals surface area contributed by atoms with Gasteiger partial charge in [0, 0.05) is 24.7 Å². The quantitative estimate of drug-likeness (QED) is 0.620. The highest BCUT2D eigenvalue weighted by Crippen LogP contribution is 2.29. The number of aromatic nitrogens is 2. The Hall–Kier alpha value is -2.57. The van der Waals surface area contributed by atoms with Crippen molar-refractivity contribution in [2.75, 3.05) is 13.2 Å². The molecule has 1 aromatic heterocycles. The maximum absolute atomic E-state index is 12.1. The van der Waals surface area contributed by atoms with Gasteiger partial charge in [-0.2, -0.15) is 0 Å². The summed E-state index contributed by atoms with van der Waals surface area (Å²) in [5.41, 5.74) is 2.25. The van der Waals surface area contributed by atoms with Crippen molar-refractivity contribution in [3.63, 3.8) is 0 Å². The van der Waals surface area contributed by atoms with Gasteiger partial charge in [-0.1, -0.05) is 30.3 Å². The number of imidazole rings is 1. The molecule has 0 bridgehead atoms. The topological polar surface area (TPSA) is 79.3 Å². The van der Waals surface area contributed by atoms with Crippen LogP contribution in [-0.2, 0) is 6.54 Å². The van der Waals surface area contributed by atoms with Crippen molar-refractivity contribution in [2.45, 2.75) is 25.1 Å². The van der Waals surface area contributed by atoms with Crippen molar-refractivity contribution in [3.05, 3.63) is 64.6 Å². The van der Waals surface area contributed by atoms with Crippen LogP contribution in [0, 0.1) is 0 Å². The van der Waals surface area contributed by atoms with Crippen LogP contribution in [0.25, 0.3) is 11.0 Å². The van der Waals surface area contributed by atoms with Crippen LogP contribution in [0.5, 0.6) is 5.75 Å². The van der Waals surface area contributed by atoms with E-state index in [4.69, 9.17) is 4.74 Å². The maximum atomic E-state index is 12.1. The lowest BCUT2D eigenvalue weighted by molar-refractivity contribution is 0.122. The average Bonchev–Trinajstić information content (AvgIpc) is 2.88. The van der Waals surface area contributed by atoms with Crippen LogP contribution >= 0.6 is 0 Å². The van der Waals surface area contributed by atoms with E-state index >= 15 is 0 Å². The molecule has 25 heavy (non-hydrogen) atoms. The number of para-hydroxylation sites is 2. The van der Waals surface area contributed by atoms with E-state index in [2.05, 4.69) is 10.3 Å². The van der Waals surface area contributed by atoms with Crippen LogP contribution in [0.4, 0.5) is 0 Å². The second-order valence-corrected chi connectivity index (χ2v) is 6.28. The van der Waals surface area contributed by atoms with Gasteiger partial charge in [-0.05, 0) is 24.6 Å². The lowest BCUT2D eigenvalue weighted by Gasteiger charge is -2.22. The van der Waals surface area contributed by atoms with Crippen molar-refractivity contribution in [1.82, 2.24) is 14.9 Å². The predicted molar refractivity (Wildman–Crippen MR) is 95.9 cm³/mol. The third kappa shape index (κ3) is 3.06. The molecule has 4 rings (SSSR count). The van der Waals surface area contributed by atoms with Crippen LogP contribution in [0.15, 0.2) is 53.3 Å². The number of benzene rings is 2. The molecule has 3 aromatic rings. The lowest BCUT2D eigenvalue weighted by Crippen LogP contribution is -2.37. The molecule has 0 fully saturated rings. The number of H-pyrrole nitrogens is 1. The largest absolute Gasteiger partial charge is 0.492 e. The van der Waals surface area contributed by atoms with E-state index in [9.17, 15) is 9.90 Å². The third-order valence-corrected chi connectivity index (χ3v) is 4.71. The van der Waals surface area contributed by atoms with Crippen molar-refractivity contribution < 1.29 is 9.84 Å². The van der Waals surface area contributed by atoms with Crippen molar-refractivity contribution >= 4 is 11.0 Å². The normalized spacial score (nSPS) is 19.7. The number of hydrogen-bond donors (Lipinski definition) is 3. The Morgan fingerprint density at radius 2 is 2.04 bits per heavy atom. The van der Waals surface area contributed by atoms with Gasteiger partial charge in [-0.25, -0.2) is 4.79 Å². The number of aryl methyl sites for hydroxylation is 1. The van der Waals surface area contributed by atoms with Crippen molar-refractivity contribution in [2.24, 2.45) is 0 Å². The summed E-state index contributed by atoms with van der Waals surface area (Å²) < 4.78 is 7.40. The van der Waals surface area contributed by atoms with Gasteiger partial charge in [-0.3, -0.25) is 4.57 Å². The zero-order chi connectivity index (χ0) is 17.2. The maximum Gasteiger partial charge on any atom is 0.326 e. The number of ether oxygens (including phenoxy) is 1. The predicted octanol–water partition coefficient (Wildman–Crippen LogP) is 1.80. The fourth-order valence-corrected chi connectivity index (χ4v) is 3.49. The molecule has 1 aliphatic heterocycles. The highest BCUT2D eigenvalue weighted by atomic mass is 16.5. The second-order valence-electron chi connectivity index (χ2n) is 6.28. The fourth-order valence-electron chi connectivity index (χ4n) is 3.49. The van der Waals surface area contributed by atoms with Crippen molar-refractivity contribution in [1.29, 1.82) is 0 Å². The molecule has 0 spiro atoms. The Labute approximate surface area is 145 Å². The molecule has 0 saturated carbocycles. The van der Waals surface area contributed by atoms with E-state index in [0.29, 0.717) is 26.1 Å². The summed E-state index contributed by atoms with van der Waals surface area (Å²) in [6, 6.07) is 15.1. The van der Waals surface area contributed by atoms with Crippen LogP contribution in [-0.4, -0.2) is 33.9 Å². The van der Waals surface area contributed by atoms with E-state index in [1.165, 1.54) is 0 Å². The zero-order valence-corrected chi connectivity index (χ0v) is 13.8. The summed E-state index contributed by atoms with van der Waals surface area (Å²) in [4.78, 5) is 15.0. The van der Waals surface area contributed by atoms with E-state index in [1.54, 1.807) is 4.57 Å². The number of aliphatic hydroxyl groups is 1. The van der Waals surface area contributed by atoms with Gasteiger partial charge >= 0.3 is 5.69 Å². The minimum atomic E-state index is -0.663. The van der Waals surface area contributed by atoms with Gasteiger partial charge in [0.15, 0.2) is 0 Å². The molecule has 2 aromatic carbocycles. The summed E-state index contributed by atoms with van der Waals surface area (Å²) in [5.74, 6) is 0.831. The third-order valence-electron chi connectivity index (χ3n) is 4.71. The number of nitrogens with one attached hydrogen (secondary N) is 2. The Balaban J connectivity index is 1.45. The summed E-state index contributed by atoms with van der Waals surface area (Å²) >= 11 is 0. The Morgan fingerprint density at radius 3 is 2.88 bits per heavy atom. The summed E-state index contributed by atoms with van der Waals surface area (Å²) in [7, 11) is 0. The summed E-state index contributed by atoms with van der Waals surface area (Å²) in [5, 5.41) is 14.2. The molecule has 6 nitrogen and oxygen atoms in total. The van der Waals surface area contributed by atoms with Crippen LogP contribution in [0.3, 0.4) is 0 Å². The summed E-state index contributed by atoms with van der Waals surface area (Å²) in [6.07, 6.45) is 0.0120. The smallest absolute Gasteiger partial charge is 0.326 e. The van der Waals surface area contributed by atoms with Gasteiger partial charge in [0.1, 0.15) is 12.4 Å². The van der Waals surface area contributed by atoms with Gasteiger partial charge in [0.2, 0.25) is 0 Å². The monoisotopic (exact) mass is 339 g/mol. The summed E-state index contributed by atoms with van der Waals surface area (Å²) in [6.45, 7) is 1.71. The van der Waals surface area contributed by atoms with E-state index in [1.807, 2.05) is 48.5 Å². The first-order valence-corrected chi connectivity index (χ1v) is 8.55. The molecule has 0 radical (unpaired) electrons. The SMILES string of the molecule is O=c1[nH]c2cccc3c2n1CCC(NCCOc1ccccc1)C3O. The van der Waals surface area contributed by atoms with E-state index in [0.717, 1.165) is 22.3 Å². The minimum Gasteiger partial charge on any atom is -0.492 e. The molecule has 130 valence electrons. The van der Waals surface area contributed by atoms with Crippen LogP contribution in [0.2, 0.25) is 0 Å². The van der Waals surface area contributed by atoms with Crippen LogP contribution < -0.4 is 15.7 Å². The Bertz CT molecular complexity index is 917. The number of hydrogen-bond acceptors (Lipinski definition) is 4. The van der Waals surface area contributed by atoms with Gasteiger partial charge < -0.3 is 20.1 Å². The Morgan fingerprint density at radius 1 is 1.20 bits per heavy atom. The second kappa shape index (κ2) is 6.74. The first kappa shape index (κ1) is 15.9. The molecule has 0 amide bonds. The van der Waals surface area contributed by atoms with Gasteiger partial charge in [-0.15, -0.1) is 0 Å².